The number of amides is 1. The lowest BCUT2D eigenvalue weighted by Crippen LogP contribution is -2.41. The number of hydrogen-bond acceptors (Lipinski definition) is 4. The van der Waals surface area contributed by atoms with Gasteiger partial charge in [0.2, 0.25) is 10.0 Å². The van der Waals surface area contributed by atoms with E-state index >= 15 is 0 Å². The van der Waals surface area contributed by atoms with Gasteiger partial charge in [-0.2, -0.15) is 4.31 Å². The Hall–Kier alpha value is -1.09. The van der Waals surface area contributed by atoms with E-state index in [9.17, 15) is 13.2 Å². The third-order valence-corrected chi connectivity index (χ3v) is 5.52. The predicted molar refractivity (Wildman–Crippen MR) is 81.7 cm³/mol. The second-order valence-corrected chi connectivity index (χ2v) is 7.08. The van der Waals surface area contributed by atoms with Crippen LogP contribution in [0.15, 0.2) is 17.2 Å². The van der Waals surface area contributed by atoms with Crippen molar-refractivity contribution in [1.82, 2.24) is 8.87 Å². The molecule has 120 valence electrons. The number of halogens is 1. The first-order valence-corrected chi connectivity index (χ1v) is 7.96. The first kappa shape index (κ1) is 18.0. The monoisotopic (exact) mass is 336 g/mol. The van der Waals surface area contributed by atoms with Crippen molar-refractivity contribution in [2.45, 2.75) is 17.7 Å². The Bertz CT molecular complexity index is 614. The van der Waals surface area contributed by atoms with Gasteiger partial charge >= 0.3 is 0 Å². The molecule has 0 aliphatic carbocycles. The molecule has 2 rings (SSSR count). The van der Waals surface area contributed by atoms with Crippen LogP contribution in [0.4, 0.5) is 0 Å². The molecule has 1 saturated heterocycles. The first-order chi connectivity index (χ1) is 9.36. The SMILES string of the molecule is Cl.Cn1cc(S(=O)(=O)N2CCCC(CN)C2)cc1C(N)=O. The van der Waals surface area contributed by atoms with Crippen molar-refractivity contribution in [2.75, 3.05) is 19.6 Å². The number of carbonyl (C=O) groups excluding carboxylic acids is 1. The van der Waals surface area contributed by atoms with Crippen LogP contribution in [0.25, 0.3) is 0 Å². The van der Waals surface area contributed by atoms with Crippen LogP contribution in [0, 0.1) is 5.92 Å². The topological polar surface area (TPSA) is 111 Å². The smallest absolute Gasteiger partial charge is 0.265 e. The molecule has 1 aliphatic rings. The summed E-state index contributed by atoms with van der Waals surface area (Å²) < 4.78 is 28.0. The minimum atomic E-state index is -3.59. The number of nitrogens with two attached hydrogens (primary N) is 2. The van der Waals surface area contributed by atoms with E-state index < -0.39 is 15.9 Å². The molecule has 1 amide bonds. The highest BCUT2D eigenvalue weighted by atomic mass is 35.5. The molecule has 1 fully saturated rings. The maximum absolute atomic E-state index is 12.6. The van der Waals surface area contributed by atoms with Gasteiger partial charge in [-0.25, -0.2) is 8.42 Å². The summed E-state index contributed by atoms with van der Waals surface area (Å²) in [4.78, 5) is 11.3. The Labute approximate surface area is 130 Å². The molecule has 7 nitrogen and oxygen atoms in total. The van der Waals surface area contributed by atoms with E-state index in [4.69, 9.17) is 11.5 Å². The van der Waals surface area contributed by atoms with E-state index in [-0.39, 0.29) is 28.9 Å². The quantitative estimate of drug-likeness (QED) is 0.799. The van der Waals surface area contributed by atoms with Crippen molar-refractivity contribution in [3.05, 3.63) is 18.0 Å². The van der Waals surface area contributed by atoms with E-state index in [1.807, 2.05) is 0 Å². The summed E-state index contributed by atoms with van der Waals surface area (Å²) in [6, 6.07) is 1.32. The summed E-state index contributed by atoms with van der Waals surface area (Å²) in [5, 5.41) is 0. The molecule has 9 heteroatoms. The molecule has 1 aromatic heterocycles. The molecule has 21 heavy (non-hydrogen) atoms. The van der Waals surface area contributed by atoms with Gasteiger partial charge < -0.3 is 16.0 Å². The molecule has 1 aliphatic heterocycles. The van der Waals surface area contributed by atoms with Crippen LogP contribution in [0.1, 0.15) is 23.3 Å². The van der Waals surface area contributed by atoms with Crippen molar-refractivity contribution >= 4 is 28.3 Å². The van der Waals surface area contributed by atoms with Crippen LogP contribution in [0.5, 0.6) is 0 Å². The van der Waals surface area contributed by atoms with Crippen molar-refractivity contribution in [3.8, 4) is 0 Å². The van der Waals surface area contributed by atoms with Gasteiger partial charge in [0.05, 0.1) is 0 Å². The van der Waals surface area contributed by atoms with E-state index in [1.54, 1.807) is 7.05 Å². The van der Waals surface area contributed by atoms with Crippen LogP contribution < -0.4 is 11.5 Å². The summed E-state index contributed by atoms with van der Waals surface area (Å²) in [6.45, 7) is 1.40. The summed E-state index contributed by atoms with van der Waals surface area (Å²) in [5.74, 6) is -0.453. The number of sulfonamides is 1. The average molecular weight is 337 g/mol. The summed E-state index contributed by atoms with van der Waals surface area (Å²) >= 11 is 0. The zero-order valence-corrected chi connectivity index (χ0v) is 13.5. The minimum Gasteiger partial charge on any atom is -0.364 e. The van der Waals surface area contributed by atoms with Crippen LogP contribution >= 0.6 is 12.4 Å². The molecular weight excluding hydrogens is 316 g/mol. The van der Waals surface area contributed by atoms with E-state index in [2.05, 4.69) is 0 Å². The second-order valence-electron chi connectivity index (χ2n) is 5.14. The number of aromatic nitrogens is 1. The molecule has 0 radical (unpaired) electrons. The maximum Gasteiger partial charge on any atom is 0.265 e. The Morgan fingerprint density at radius 3 is 2.67 bits per heavy atom. The summed E-state index contributed by atoms with van der Waals surface area (Å²) in [6.07, 6.45) is 3.17. The van der Waals surface area contributed by atoms with Crippen molar-refractivity contribution in [3.63, 3.8) is 0 Å². The highest BCUT2D eigenvalue weighted by molar-refractivity contribution is 7.89. The average Bonchev–Trinajstić information content (AvgIpc) is 2.82. The van der Waals surface area contributed by atoms with Gasteiger partial charge in [0.1, 0.15) is 10.6 Å². The number of aryl methyl sites for hydroxylation is 1. The molecule has 4 N–H and O–H groups in total. The van der Waals surface area contributed by atoms with Gasteiger partial charge in [-0.05, 0) is 31.4 Å². The Morgan fingerprint density at radius 1 is 1.48 bits per heavy atom. The van der Waals surface area contributed by atoms with Crippen LogP contribution in [0.2, 0.25) is 0 Å². The zero-order chi connectivity index (χ0) is 14.9. The standard InChI is InChI=1S/C12H20N4O3S.ClH/c1-15-8-10(5-11(15)12(14)17)20(18,19)16-4-2-3-9(6-13)7-16;/h5,8-9H,2-4,6-7,13H2,1H3,(H2,14,17);1H. The van der Waals surface area contributed by atoms with Gasteiger partial charge in [0, 0.05) is 26.3 Å². The Morgan fingerprint density at radius 2 is 2.14 bits per heavy atom. The Balaban J connectivity index is 0.00000220. The molecule has 1 aromatic rings. The second kappa shape index (κ2) is 6.78. The Kier molecular flexibility index (Phi) is 5.80. The molecule has 1 unspecified atom stereocenters. The number of primary amides is 1. The summed E-state index contributed by atoms with van der Waals surface area (Å²) in [5.41, 5.74) is 11.0. The lowest BCUT2D eigenvalue weighted by atomic mass is 10.0. The van der Waals surface area contributed by atoms with Crippen molar-refractivity contribution < 1.29 is 13.2 Å². The first-order valence-electron chi connectivity index (χ1n) is 6.52. The number of piperidine rings is 1. The highest BCUT2D eigenvalue weighted by Gasteiger charge is 2.31. The number of hydrogen-bond donors (Lipinski definition) is 2. The minimum absolute atomic E-state index is 0. The predicted octanol–water partition coefficient (Wildman–Crippen LogP) is -0.0948. The maximum atomic E-state index is 12.6. The molecule has 0 spiro atoms. The molecule has 0 aromatic carbocycles. The third kappa shape index (κ3) is 3.57. The fourth-order valence-corrected chi connectivity index (χ4v) is 4.13. The zero-order valence-electron chi connectivity index (χ0n) is 11.9. The number of nitrogens with zero attached hydrogens (tertiary/aromatic N) is 2. The van der Waals surface area contributed by atoms with Gasteiger partial charge in [0.25, 0.3) is 5.91 Å². The van der Waals surface area contributed by atoms with Crippen molar-refractivity contribution in [1.29, 1.82) is 0 Å². The van der Waals surface area contributed by atoms with E-state index in [1.165, 1.54) is 21.1 Å². The van der Waals surface area contributed by atoms with Gasteiger partial charge in [-0.1, -0.05) is 0 Å². The number of rotatable bonds is 4. The molecule has 0 saturated carbocycles. The summed E-state index contributed by atoms with van der Waals surface area (Å²) in [7, 11) is -2.00. The highest BCUT2D eigenvalue weighted by Crippen LogP contribution is 2.24. The third-order valence-electron chi connectivity index (χ3n) is 3.69. The molecule has 2 heterocycles. The molecule has 0 bridgehead atoms. The lowest BCUT2D eigenvalue weighted by Gasteiger charge is -2.30. The van der Waals surface area contributed by atoms with Gasteiger partial charge in [-0.3, -0.25) is 4.79 Å². The fourth-order valence-electron chi connectivity index (χ4n) is 2.51. The molecular formula is C12H21ClN4O3S. The largest absolute Gasteiger partial charge is 0.364 e. The fraction of sp³-hybridized carbons (Fsp3) is 0.583. The van der Waals surface area contributed by atoms with E-state index in [0.29, 0.717) is 19.6 Å². The van der Waals surface area contributed by atoms with Crippen LogP contribution in [-0.4, -0.2) is 42.8 Å². The molecule has 1 atom stereocenters. The number of carbonyl (C=O) groups is 1. The van der Waals surface area contributed by atoms with Crippen LogP contribution in [-0.2, 0) is 17.1 Å². The van der Waals surface area contributed by atoms with Gasteiger partial charge in [-0.15, -0.1) is 12.4 Å². The van der Waals surface area contributed by atoms with Crippen molar-refractivity contribution in [2.24, 2.45) is 24.4 Å². The van der Waals surface area contributed by atoms with Crippen LogP contribution in [0.3, 0.4) is 0 Å². The van der Waals surface area contributed by atoms with Gasteiger partial charge in [0.15, 0.2) is 0 Å². The normalized spacial score (nSPS) is 20.0. The van der Waals surface area contributed by atoms with E-state index in [0.717, 1.165) is 12.8 Å². The lowest BCUT2D eigenvalue weighted by molar-refractivity contribution is 0.0992.